The summed E-state index contributed by atoms with van der Waals surface area (Å²) in [5.41, 5.74) is 0.714. The number of rotatable bonds is 6. The Morgan fingerprint density at radius 1 is 1.37 bits per heavy atom. The van der Waals surface area contributed by atoms with E-state index in [4.69, 9.17) is 9.47 Å². The maximum Gasteiger partial charge on any atom is 0.416 e. The third-order valence-corrected chi connectivity index (χ3v) is 4.43. The molecule has 0 radical (unpaired) electrons. The number of methoxy groups -OCH3 is 1. The lowest BCUT2D eigenvalue weighted by atomic mass is 10.1. The number of H-pyrrole nitrogens is 1. The standard InChI is InChI=1S/C18H20F3N3O3/c1-26-11-17(25)24-6-5-12(9-24)16-8-14(22-23-16)10-27-15-4-2-3-13(7-15)18(19,20)21/h2-4,7-8,12H,5-6,9-11H2,1H3,(H,22,23)/t12-/m0/s1. The van der Waals surface area contributed by atoms with Gasteiger partial charge in [0.25, 0.3) is 0 Å². The summed E-state index contributed by atoms with van der Waals surface area (Å²) in [5, 5.41) is 7.09. The number of ether oxygens (including phenoxy) is 2. The molecule has 1 aromatic carbocycles. The lowest BCUT2D eigenvalue weighted by Crippen LogP contribution is -2.31. The summed E-state index contributed by atoms with van der Waals surface area (Å²) in [6.07, 6.45) is -3.61. The number of amides is 1. The second-order valence-corrected chi connectivity index (χ2v) is 6.39. The van der Waals surface area contributed by atoms with E-state index in [0.717, 1.165) is 24.2 Å². The first-order valence-corrected chi connectivity index (χ1v) is 8.48. The minimum absolute atomic E-state index is 0.0522. The van der Waals surface area contributed by atoms with Crippen molar-refractivity contribution in [1.29, 1.82) is 0 Å². The van der Waals surface area contributed by atoms with Crippen LogP contribution in [0.15, 0.2) is 30.3 Å². The van der Waals surface area contributed by atoms with Crippen molar-refractivity contribution in [3.05, 3.63) is 47.3 Å². The maximum atomic E-state index is 12.7. The molecule has 0 spiro atoms. The van der Waals surface area contributed by atoms with Crippen LogP contribution >= 0.6 is 0 Å². The van der Waals surface area contributed by atoms with Crippen LogP contribution in [0.3, 0.4) is 0 Å². The molecule has 1 aliphatic heterocycles. The molecule has 0 aliphatic carbocycles. The molecule has 0 unspecified atom stereocenters. The fourth-order valence-corrected chi connectivity index (χ4v) is 3.03. The Bertz CT molecular complexity index is 791. The molecule has 2 aromatic rings. The Kier molecular flexibility index (Phi) is 5.69. The molecule has 6 nitrogen and oxygen atoms in total. The Hall–Kier alpha value is -2.55. The molecule has 0 saturated carbocycles. The highest BCUT2D eigenvalue weighted by Crippen LogP contribution is 2.31. The Morgan fingerprint density at radius 3 is 2.93 bits per heavy atom. The zero-order valence-corrected chi connectivity index (χ0v) is 14.8. The normalized spacial score (nSPS) is 17.3. The minimum atomic E-state index is -4.41. The van der Waals surface area contributed by atoms with Crippen LogP contribution in [0.25, 0.3) is 0 Å². The molecule has 3 rings (SSSR count). The second kappa shape index (κ2) is 7.99. The number of carbonyl (C=O) groups excluding carboxylic acids is 1. The molecule has 1 aromatic heterocycles. The van der Waals surface area contributed by atoms with E-state index in [1.807, 2.05) is 6.07 Å². The highest BCUT2D eigenvalue weighted by Gasteiger charge is 2.31. The molecule has 1 atom stereocenters. The van der Waals surface area contributed by atoms with Crippen LogP contribution < -0.4 is 4.74 Å². The Balaban J connectivity index is 1.57. The van der Waals surface area contributed by atoms with E-state index in [-0.39, 0.29) is 30.8 Å². The number of nitrogens with one attached hydrogen (secondary N) is 1. The number of hydrogen-bond donors (Lipinski definition) is 1. The van der Waals surface area contributed by atoms with E-state index in [0.29, 0.717) is 18.8 Å². The van der Waals surface area contributed by atoms with Crippen molar-refractivity contribution < 1.29 is 27.4 Å². The molecule has 1 N–H and O–H groups in total. The van der Waals surface area contributed by atoms with Gasteiger partial charge >= 0.3 is 6.18 Å². The topological polar surface area (TPSA) is 67.4 Å². The van der Waals surface area contributed by atoms with Crippen molar-refractivity contribution in [3.63, 3.8) is 0 Å². The molecule has 146 valence electrons. The van der Waals surface area contributed by atoms with E-state index in [1.54, 1.807) is 4.90 Å². The highest BCUT2D eigenvalue weighted by molar-refractivity contribution is 5.77. The third-order valence-electron chi connectivity index (χ3n) is 4.43. The first-order valence-electron chi connectivity index (χ1n) is 8.48. The molecule has 1 aliphatic rings. The number of carbonyl (C=O) groups is 1. The number of aromatic amines is 1. The number of benzene rings is 1. The average Bonchev–Trinajstić information content (AvgIpc) is 3.29. The van der Waals surface area contributed by atoms with Gasteiger partial charge in [-0.15, -0.1) is 0 Å². The van der Waals surface area contributed by atoms with E-state index in [1.165, 1.54) is 19.2 Å². The molecular weight excluding hydrogens is 363 g/mol. The van der Waals surface area contributed by atoms with Crippen molar-refractivity contribution in [1.82, 2.24) is 15.1 Å². The summed E-state index contributed by atoms with van der Waals surface area (Å²) in [6.45, 7) is 1.35. The van der Waals surface area contributed by atoms with Gasteiger partial charge in [-0.3, -0.25) is 9.89 Å². The van der Waals surface area contributed by atoms with Crippen LogP contribution in [0.2, 0.25) is 0 Å². The summed E-state index contributed by atoms with van der Waals surface area (Å²) in [7, 11) is 1.48. The number of halogens is 3. The molecule has 0 bridgehead atoms. The molecular formula is C18H20F3N3O3. The van der Waals surface area contributed by atoms with Crippen molar-refractivity contribution in [2.75, 3.05) is 26.8 Å². The van der Waals surface area contributed by atoms with Gasteiger partial charge in [0.05, 0.1) is 17.0 Å². The third kappa shape index (κ3) is 4.79. The largest absolute Gasteiger partial charge is 0.487 e. The lowest BCUT2D eigenvalue weighted by Gasteiger charge is -2.15. The van der Waals surface area contributed by atoms with E-state index >= 15 is 0 Å². The van der Waals surface area contributed by atoms with Crippen molar-refractivity contribution >= 4 is 5.91 Å². The van der Waals surface area contributed by atoms with Crippen LogP contribution in [0.5, 0.6) is 5.75 Å². The van der Waals surface area contributed by atoms with Crippen LogP contribution in [0.4, 0.5) is 13.2 Å². The number of hydrogen-bond acceptors (Lipinski definition) is 4. The van der Waals surface area contributed by atoms with Gasteiger partial charge in [-0.25, -0.2) is 0 Å². The van der Waals surface area contributed by atoms with Crippen LogP contribution in [0, 0.1) is 0 Å². The molecule has 1 fully saturated rings. The molecule has 2 heterocycles. The Morgan fingerprint density at radius 2 is 2.19 bits per heavy atom. The van der Waals surface area contributed by atoms with Gasteiger partial charge < -0.3 is 14.4 Å². The van der Waals surface area contributed by atoms with Crippen molar-refractivity contribution in [3.8, 4) is 5.75 Å². The van der Waals surface area contributed by atoms with Crippen LogP contribution in [-0.4, -0.2) is 47.8 Å². The van der Waals surface area contributed by atoms with Gasteiger partial charge in [-0.1, -0.05) is 6.07 Å². The SMILES string of the molecule is COCC(=O)N1CC[C@H](c2cc(COc3cccc(C(F)(F)F)c3)[nH]n2)C1. The predicted molar refractivity (Wildman–Crippen MR) is 90.2 cm³/mol. The first kappa shape index (κ1) is 19.2. The monoisotopic (exact) mass is 383 g/mol. The molecule has 1 saturated heterocycles. The number of aromatic nitrogens is 2. The van der Waals surface area contributed by atoms with Gasteiger partial charge in [-0.05, 0) is 30.7 Å². The summed E-state index contributed by atoms with van der Waals surface area (Å²) in [4.78, 5) is 13.6. The second-order valence-electron chi connectivity index (χ2n) is 6.39. The molecule has 9 heteroatoms. The Labute approximate surface area is 154 Å². The average molecular weight is 383 g/mol. The van der Waals surface area contributed by atoms with Gasteiger partial charge in [0.2, 0.25) is 5.91 Å². The van der Waals surface area contributed by atoms with Gasteiger partial charge in [0.15, 0.2) is 0 Å². The lowest BCUT2D eigenvalue weighted by molar-refractivity contribution is -0.137. The zero-order valence-electron chi connectivity index (χ0n) is 14.8. The quantitative estimate of drug-likeness (QED) is 0.833. The highest BCUT2D eigenvalue weighted by atomic mass is 19.4. The fourth-order valence-electron chi connectivity index (χ4n) is 3.03. The summed E-state index contributed by atoms with van der Waals surface area (Å²) in [5.74, 6) is 0.200. The minimum Gasteiger partial charge on any atom is -0.487 e. The number of nitrogens with zero attached hydrogens (tertiary/aromatic N) is 2. The van der Waals surface area contributed by atoms with Crippen molar-refractivity contribution in [2.24, 2.45) is 0 Å². The zero-order chi connectivity index (χ0) is 19.4. The van der Waals surface area contributed by atoms with Crippen molar-refractivity contribution in [2.45, 2.75) is 25.1 Å². The van der Waals surface area contributed by atoms with E-state index in [2.05, 4.69) is 10.2 Å². The van der Waals surface area contributed by atoms with Gasteiger partial charge in [-0.2, -0.15) is 18.3 Å². The molecule has 27 heavy (non-hydrogen) atoms. The maximum absolute atomic E-state index is 12.7. The predicted octanol–water partition coefficient (Wildman–Crippen LogP) is 2.97. The summed E-state index contributed by atoms with van der Waals surface area (Å²) >= 11 is 0. The number of likely N-dealkylation sites (tertiary alicyclic amines) is 1. The smallest absolute Gasteiger partial charge is 0.416 e. The molecule has 1 amide bonds. The fraction of sp³-hybridized carbons (Fsp3) is 0.444. The van der Waals surface area contributed by atoms with Crippen LogP contribution in [0.1, 0.15) is 29.3 Å². The van der Waals surface area contributed by atoms with E-state index in [9.17, 15) is 18.0 Å². The summed E-state index contributed by atoms with van der Waals surface area (Å²) in [6, 6.07) is 6.57. The van der Waals surface area contributed by atoms with Crippen LogP contribution in [-0.2, 0) is 22.3 Å². The van der Waals surface area contributed by atoms with Gasteiger partial charge in [0.1, 0.15) is 19.0 Å². The summed E-state index contributed by atoms with van der Waals surface area (Å²) < 4.78 is 48.5. The number of alkyl halides is 3. The van der Waals surface area contributed by atoms with Gasteiger partial charge in [0, 0.05) is 26.1 Å². The first-order chi connectivity index (χ1) is 12.9. The van der Waals surface area contributed by atoms with E-state index < -0.39 is 11.7 Å².